The normalized spacial score (nSPS) is 16.9. The Bertz CT molecular complexity index is 783. The third kappa shape index (κ3) is 3.19. The Kier molecular flexibility index (Phi) is 4.02. The molecular formula is C17H14N4O2. The summed E-state index contributed by atoms with van der Waals surface area (Å²) in [6, 6.07) is 12.3. The van der Waals surface area contributed by atoms with Crippen LogP contribution in [0.15, 0.2) is 48.8 Å². The molecule has 1 unspecified atom stereocenters. The van der Waals surface area contributed by atoms with Crippen LogP contribution in [0, 0.1) is 17.2 Å². The van der Waals surface area contributed by atoms with E-state index in [4.69, 9.17) is 5.26 Å². The fourth-order valence-electron chi connectivity index (χ4n) is 2.56. The number of nitrogens with zero attached hydrogens (tertiary/aromatic N) is 3. The topological polar surface area (TPSA) is 86.1 Å². The largest absolute Gasteiger partial charge is 0.326 e. The molecule has 0 spiro atoms. The third-order valence-electron chi connectivity index (χ3n) is 3.71. The van der Waals surface area contributed by atoms with Crippen molar-refractivity contribution < 1.29 is 9.59 Å². The Balaban J connectivity index is 1.69. The van der Waals surface area contributed by atoms with Gasteiger partial charge in [-0.25, -0.2) is 0 Å². The fraction of sp³-hybridized carbons (Fsp3) is 0.176. The van der Waals surface area contributed by atoms with Crippen LogP contribution in [0.4, 0.5) is 11.4 Å². The van der Waals surface area contributed by atoms with E-state index in [0.717, 1.165) is 0 Å². The Morgan fingerprint density at radius 2 is 2.22 bits per heavy atom. The predicted molar refractivity (Wildman–Crippen MR) is 84.5 cm³/mol. The first kappa shape index (κ1) is 14.7. The van der Waals surface area contributed by atoms with Gasteiger partial charge in [0.2, 0.25) is 11.8 Å². The maximum Gasteiger partial charge on any atom is 0.229 e. The molecule has 1 fully saturated rings. The number of carbonyl (C=O) groups is 2. The van der Waals surface area contributed by atoms with E-state index in [9.17, 15) is 9.59 Å². The number of nitrogens with one attached hydrogen (secondary N) is 1. The molecule has 1 atom stereocenters. The first-order valence-corrected chi connectivity index (χ1v) is 7.19. The number of benzene rings is 1. The fourth-order valence-corrected chi connectivity index (χ4v) is 2.56. The minimum atomic E-state index is -0.423. The van der Waals surface area contributed by atoms with Gasteiger partial charge in [-0.1, -0.05) is 6.07 Å². The van der Waals surface area contributed by atoms with Crippen molar-refractivity contribution in [2.75, 3.05) is 16.8 Å². The zero-order chi connectivity index (χ0) is 16.2. The van der Waals surface area contributed by atoms with E-state index >= 15 is 0 Å². The lowest BCUT2D eigenvalue weighted by molar-refractivity contribution is -0.122. The number of nitriles is 1. The highest BCUT2D eigenvalue weighted by Crippen LogP contribution is 2.25. The molecule has 1 aromatic carbocycles. The third-order valence-corrected chi connectivity index (χ3v) is 3.71. The molecule has 0 bridgehead atoms. The molecule has 2 amide bonds. The van der Waals surface area contributed by atoms with Crippen molar-refractivity contribution in [1.29, 1.82) is 5.26 Å². The molecule has 23 heavy (non-hydrogen) atoms. The molecule has 0 saturated carbocycles. The number of anilines is 2. The van der Waals surface area contributed by atoms with Crippen LogP contribution in [0.5, 0.6) is 0 Å². The molecule has 2 aromatic rings. The zero-order valence-corrected chi connectivity index (χ0v) is 12.3. The molecule has 1 aliphatic heterocycles. The van der Waals surface area contributed by atoms with E-state index in [1.807, 2.05) is 6.07 Å². The number of pyridine rings is 1. The van der Waals surface area contributed by atoms with Gasteiger partial charge in [0.05, 0.1) is 29.4 Å². The summed E-state index contributed by atoms with van der Waals surface area (Å²) in [5.74, 6) is -0.739. The first-order valence-electron chi connectivity index (χ1n) is 7.19. The summed E-state index contributed by atoms with van der Waals surface area (Å²) >= 11 is 0. The smallest absolute Gasteiger partial charge is 0.229 e. The SMILES string of the molecule is N#Cc1cccc(NC(=O)C2CC(=O)N(c3cccnc3)C2)c1. The average molecular weight is 306 g/mol. The monoisotopic (exact) mass is 306 g/mol. The Morgan fingerprint density at radius 3 is 2.96 bits per heavy atom. The molecule has 1 N–H and O–H groups in total. The number of amides is 2. The highest BCUT2D eigenvalue weighted by Gasteiger charge is 2.35. The summed E-state index contributed by atoms with van der Waals surface area (Å²) in [5, 5.41) is 11.6. The zero-order valence-electron chi connectivity index (χ0n) is 12.3. The van der Waals surface area contributed by atoms with Crippen LogP contribution in [-0.4, -0.2) is 23.3 Å². The molecule has 1 aliphatic rings. The van der Waals surface area contributed by atoms with Gasteiger partial charge in [-0.3, -0.25) is 14.6 Å². The van der Waals surface area contributed by atoms with Gasteiger partial charge in [0.1, 0.15) is 0 Å². The molecule has 1 aromatic heterocycles. The van der Waals surface area contributed by atoms with E-state index in [-0.39, 0.29) is 18.2 Å². The maximum absolute atomic E-state index is 12.3. The lowest BCUT2D eigenvalue weighted by atomic mass is 10.1. The number of hydrogen-bond acceptors (Lipinski definition) is 4. The molecule has 6 heteroatoms. The molecular weight excluding hydrogens is 292 g/mol. The first-order chi connectivity index (χ1) is 11.2. The number of rotatable bonds is 3. The number of hydrogen-bond donors (Lipinski definition) is 1. The van der Waals surface area contributed by atoms with Crippen molar-refractivity contribution in [3.05, 3.63) is 54.4 Å². The van der Waals surface area contributed by atoms with Gasteiger partial charge in [-0.15, -0.1) is 0 Å². The number of carbonyl (C=O) groups excluding carboxylic acids is 2. The minimum absolute atomic E-state index is 0.0936. The Labute approximate surface area is 133 Å². The Hall–Kier alpha value is -3.20. The second-order valence-electron chi connectivity index (χ2n) is 5.30. The van der Waals surface area contributed by atoms with Gasteiger partial charge in [-0.2, -0.15) is 5.26 Å². The summed E-state index contributed by atoms with van der Waals surface area (Å²) in [5.41, 5.74) is 1.72. The van der Waals surface area contributed by atoms with Crippen molar-refractivity contribution in [3.63, 3.8) is 0 Å². The summed E-state index contributed by atoms with van der Waals surface area (Å²) < 4.78 is 0. The van der Waals surface area contributed by atoms with Crippen LogP contribution in [0.3, 0.4) is 0 Å². The molecule has 1 saturated heterocycles. The van der Waals surface area contributed by atoms with E-state index in [0.29, 0.717) is 23.5 Å². The predicted octanol–water partition coefficient (Wildman–Crippen LogP) is 1.94. The van der Waals surface area contributed by atoms with Crippen molar-refractivity contribution in [3.8, 4) is 6.07 Å². The van der Waals surface area contributed by atoms with Crippen LogP contribution in [0.2, 0.25) is 0 Å². The quantitative estimate of drug-likeness (QED) is 0.939. The molecule has 114 valence electrons. The lowest BCUT2D eigenvalue weighted by Crippen LogP contribution is -2.28. The van der Waals surface area contributed by atoms with Gasteiger partial charge >= 0.3 is 0 Å². The van der Waals surface area contributed by atoms with E-state index < -0.39 is 5.92 Å². The second kappa shape index (κ2) is 6.28. The molecule has 6 nitrogen and oxygen atoms in total. The molecule has 2 heterocycles. The maximum atomic E-state index is 12.3. The van der Waals surface area contributed by atoms with E-state index in [1.54, 1.807) is 53.7 Å². The van der Waals surface area contributed by atoms with Crippen molar-refractivity contribution >= 4 is 23.2 Å². The van der Waals surface area contributed by atoms with Crippen molar-refractivity contribution in [2.24, 2.45) is 5.92 Å². The summed E-state index contributed by atoms with van der Waals surface area (Å²) in [4.78, 5) is 30.0. The van der Waals surface area contributed by atoms with Crippen LogP contribution in [-0.2, 0) is 9.59 Å². The van der Waals surface area contributed by atoms with Crippen molar-refractivity contribution in [1.82, 2.24) is 4.98 Å². The van der Waals surface area contributed by atoms with Crippen LogP contribution >= 0.6 is 0 Å². The van der Waals surface area contributed by atoms with Gasteiger partial charge in [0.15, 0.2) is 0 Å². The summed E-state index contributed by atoms with van der Waals surface area (Å²) in [7, 11) is 0. The molecule has 3 rings (SSSR count). The highest BCUT2D eigenvalue weighted by molar-refractivity contribution is 6.03. The van der Waals surface area contributed by atoms with E-state index in [2.05, 4.69) is 10.3 Å². The van der Waals surface area contributed by atoms with Crippen molar-refractivity contribution in [2.45, 2.75) is 6.42 Å². The second-order valence-corrected chi connectivity index (χ2v) is 5.30. The van der Waals surface area contributed by atoms with Crippen LogP contribution in [0.1, 0.15) is 12.0 Å². The van der Waals surface area contributed by atoms with Crippen LogP contribution in [0.25, 0.3) is 0 Å². The minimum Gasteiger partial charge on any atom is -0.326 e. The van der Waals surface area contributed by atoms with Gasteiger partial charge in [0.25, 0.3) is 0 Å². The molecule has 0 aliphatic carbocycles. The molecule has 0 radical (unpaired) electrons. The average Bonchev–Trinajstić information content (AvgIpc) is 2.98. The Morgan fingerprint density at radius 1 is 1.35 bits per heavy atom. The standard InChI is InChI=1S/C17H14N4O2/c18-9-12-3-1-4-14(7-12)20-17(23)13-8-16(22)21(11-13)15-5-2-6-19-10-15/h1-7,10,13H,8,11H2,(H,20,23). The van der Waals surface area contributed by atoms with Gasteiger partial charge in [-0.05, 0) is 30.3 Å². The lowest BCUT2D eigenvalue weighted by Gasteiger charge is -2.16. The number of aromatic nitrogens is 1. The summed E-state index contributed by atoms with van der Waals surface area (Å²) in [6.07, 6.45) is 3.41. The summed E-state index contributed by atoms with van der Waals surface area (Å²) in [6.45, 7) is 0.328. The van der Waals surface area contributed by atoms with Gasteiger partial charge < -0.3 is 10.2 Å². The van der Waals surface area contributed by atoms with E-state index in [1.165, 1.54) is 0 Å². The highest BCUT2D eigenvalue weighted by atomic mass is 16.2. The van der Waals surface area contributed by atoms with Crippen LogP contribution < -0.4 is 10.2 Å². The van der Waals surface area contributed by atoms with Gasteiger partial charge in [0, 0.05) is 24.8 Å².